The molecule has 0 radical (unpaired) electrons. The summed E-state index contributed by atoms with van der Waals surface area (Å²) in [7, 11) is 0. The average Bonchev–Trinajstić information content (AvgIpc) is 3.04. The van der Waals surface area contributed by atoms with Crippen LogP contribution in [0.3, 0.4) is 0 Å². The van der Waals surface area contributed by atoms with Crippen LogP contribution in [0.15, 0.2) is 0 Å². The maximum absolute atomic E-state index is 13.5. The SMILES string of the molecule is CC(C)C[C@H](NC(=O)[C@@H](N)CCCCN)C(=O)N[C@@H](CCC(=O)O)C(=O)N[C@@H](CCCNC(=N)N)C(=O)N[C@@H](CO)C(=O)N[C@H](C(=O)O)[C@@H](C)O. The topological polar surface area (TPSA) is 374 Å². The molecule has 5 amide bonds. The maximum atomic E-state index is 13.5. The van der Waals surface area contributed by atoms with Gasteiger partial charge in [-0.15, -0.1) is 0 Å². The van der Waals surface area contributed by atoms with E-state index in [2.05, 4.69) is 26.6 Å². The summed E-state index contributed by atoms with van der Waals surface area (Å²) in [6.45, 7) is 4.16. The van der Waals surface area contributed by atoms with E-state index in [4.69, 9.17) is 22.6 Å². The van der Waals surface area contributed by atoms with Crippen molar-refractivity contribution in [1.82, 2.24) is 31.9 Å². The fourth-order valence-electron chi connectivity index (χ4n) is 4.61. The smallest absolute Gasteiger partial charge is 0.328 e. The molecular weight excluding hydrogens is 676 g/mol. The zero-order chi connectivity index (χ0) is 39.3. The summed E-state index contributed by atoms with van der Waals surface area (Å²) in [5.41, 5.74) is 16.8. The number of amides is 5. The molecule has 0 aliphatic carbocycles. The van der Waals surface area contributed by atoms with E-state index in [0.717, 1.165) is 6.92 Å². The summed E-state index contributed by atoms with van der Waals surface area (Å²) in [5.74, 6) is -7.97. The Bertz CT molecular complexity index is 1190. The summed E-state index contributed by atoms with van der Waals surface area (Å²) < 4.78 is 0. The van der Waals surface area contributed by atoms with Crippen molar-refractivity contribution in [2.75, 3.05) is 19.7 Å². The standard InChI is InChI=1S/C30H56N10O11/c1-15(2)13-20(38-24(45)17(32)7-4-5-11-31)27(48)37-19(9-10-22(43)44)26(47)36-18(8-6-12-35-30(33)34)25(46)39-21(14-41)28(49)40-23(16(3)42)29(50)51/h15-21,23,41-42H,4-14,31-32H2,1-3H3,(H,36,47)(H,37,48)(H,38,45)(H,39,46)(H,40,49)(H,43,44)(H,50,51)(H4,33,34,35)/t16-,17+,18+,19+,20+,21+,23+/m1/s1. The molecule has 21 heteroatoms. The van der Waals surface area contributed by atoms with E-state index in [1.807, 2.05) is 5.32 Å². The largest absolute Gasteiger partial charge is 0.481 e. The number of aliphatic hydroxyl groups is 2. The summed E-state index contributed by atoms with van der Waals surface area (Å²) in [5, 5.41) is 59.5. The fourth-order valence-corrected chi connectivity index (χ4v) is 4.61. The number of aliphatic hydroxyl groups excluding tert-OH is 2. The number of hydrogen-bond donors (Lipinski definition) is 14. The van der Waals surface area contributed by atoms with Crippen molar-refractivity contribution in [3.05, 3.63) is 0 Å². The van der Waals surface area contributed by atoms with Crippen LogP contribution in [0, 0.1) is 11.3 Å². The van der Waals surface area contributed by atoms with Crippen molar-refractivity contribution in [3.63, 3.8) is 0 Å². The highest BCUT2D eigenvalue weighted by molar-refractivity contribution is 5.96. The Labute approximate surface area is 296 Å². The number of unbranched alkanes of at least 4 members (excludes halogenated alkanes) is 1. The molecule has 0 aromatic rings. The van der Waals surface area contributed by atoms with Crippen molar-refractivity contribution in [2.45, 2.75) is 114 Å². The Hall–Kier alpha value is -4.60. The molecule has 21 nitrogen and oxygen atoms in total. The normalized spacial score (nSPS) is 15.1. The van der Waals surface area contributed by atoms with Gasteiger partial charge in [0.1, 0.15) is 24.2 Å². The van der Waals surface area contributed by atoms with Gasteiger partial charge in [0.05, 0.1) is 18.8 Å². The quantitative estimate of drug-likeness (QED) is 0.0226. The number of carbonyl (C=O) groups excluding carboxylic acids is 5. The molecule has 0 heterocycles. The second-order valence-electron chi connectivity index (χ2n) is 12.4. The van der Waals surface area contributed by atoms with Crippen molar-refractivity contribution >= 4 is 47.4 Å². The van der Waals surface area contributed by atoms with Crippen LogP contribution in [-0.4, -0.2) is 130 Å². The molecule has 0 saturated heterocycles. The lowest BCUT2D eigenvalue weighted by Gasteiger charge is -2.27. The maximum Gasteiger partial charge on any atom is 0.328 e. The third-order valence-corrected chi connectivity index (χ3v) is 7.41. The lowest BCUT2D eigenvalue weighted by Crippen LogP contribution is -2.60. The minimum atomic E-state index is -1.77. The van der Waals surface area contributed by atoms with Gasteiger partial charge in [0, 0.05) is 13.0 Å². The number of guanidine groups is 1. The minimum absolute atomic E-state index is 0.0672. The number of aliphatic carboxylic acids is 2. The molecule has 7 atom stereocenters. The minimum Gasteiger partial charge on any atom is -0.481 e. The lowest BCUT2D eigenvalue weighted by molar-refractivity contribution is -0.145. The molecule has 0 spiro atoms. The predicted molar refractivity (Wildman–Crippen MR) is 182 cm³/mol. The van der Waals surface area contributed by atoms with Gasteiger partial charge >= 0.3 is 11.9 Å². The van der Waals surface area contributed by atoms with Gasteiger partial charge in [-0.1, -0.05) is 20.3 Å². The highest BCUT2D eigenvalue weighted by Gasteiger charge is 2.33. The van der Waals surface area contributed by atoms with Crippen molar-refractivity contribution in [3.8, 4) is 0 Å². The van der Waals surface area contributed by atoms with Gasteiger partial charge in [-0.3, -0.25) is 34.2 Å². The number of nitrogens with two attached hydrogens (primary N) is 3. The van der Waals surface area contributed by atoms with Gasteiger partial charge in [0.15, 0.2) is 12.0 Å². The first-order valence-electron chi connectivity index (χ1n) is 16.6. The van der Waals surface area contributed by atoms with Gasteiger partial charge in [-0.05, 0) is 57.9 Å². The first-order valence-corrected chi connectivity index (χ1v) is 16.6. The molecule has 0 aliphatic heterocycles. The van der Waals surface area contributed by atoms with Crippen LogP contribution < -0.4 is 49.1 Å². The van der Waals surface area contributed by atoms with Crippen LogP contribution in [0.5, 0.6) is 0 Å². The van der Waals surface area contributed by atoms with E-state index >= 15 is 0 Å². The van der Waals surface area contributed by atoms with Crippen LogP contribution >= 0.6 is 0 Å². The Morgan fingerprint density at radius 1 is 0.706 bits per heavy atom. The number of carbonyl (C=O) groups is 7. The molecule has 0 saturated carbocycles. The van der Waals surface area contributed by atoms with Gasteiger partial charge in [0.2, 0.25) is 29.5 Å². The molecule has 0 unspecified atom stereocenters. The molecule has 292 valence electrons. The Balaban J connectivity index is 6.16. The molecule has 0 bridgehead atoms. The van der Waals surface area contributed by atoms with Gasteiger partial charge in [-0.25, -0.2) is 4.79 Å². The van der Waals surface area contributed by atoms with Crippen molar-refractivity contribution < 1.29 is 54.0 Å². The van der Waals surface area contributed by atoms with E-state index in [1.165, 1.54) is 0 Å². The summed E-state index contributed by atoms with van der Waals surface area (Å²) in [6.07, 6.45) is -0.911. The van der Waals surface area contributed by atoms with Gasteiger partial charge in [0.25, 0.3) is 0 Å². The Morgan fingerprint density at radius 2 is 1.22 bits per heavy atom. The zero-order valence-corrected chi connectivity index (χ0v) is 29.3. The zero-order valence-electron chi connectivity index (χ0n) is 29.3. The van der Waals surface area contributed by atoms with Crippen LogP contribution in [-0.2, 0) is 33.6 Å². The van der Waals surface area contributed by atoms with E-state index in [0.29, 0.717) is 25.8 Å². The third kappa shape index (κ3) is 19.4. The second kappa shape index (κ2) is 24.5. The number of rotatable bonds is 26. The van der Waals surface area contributed by atoms with Crippen LogP contribution in [0.4, 0.5) is 0 Å². The summed E-state index contributed by atoms with van der Waals surface area (Å²) in [4.78, 5) is 88.6. The third-order valence-electron chi connectivity index (χ3n) is 7.41. The average molecular weight is 733 g/mol. The molecule has 0 aromatic carbocycles. The number of hydrogen-bond acceptors (Lipinski definition) is 12. The fraction of sp³-hybridized carbons (Fsp3) is 0.733. The van der Waals surface area contributed by atoms with E-state index in [-0.39, 0.29) is 37.7 Å². The van der Waals surface area contributed by atoms with Crippen LogP contribution in [0.25, 0.3) is 0 Å². The van der Waals surface area contributed by atoms with Gasteiger partial charge < -0.3 is 69.5 Å². The molecular formula is C30H56N10O11. The van der Waals surface area contributed by atoms with E-state index < -0.39 is 103 Å². The second-order valence-corrected chi connectivity index (χ2v) is 12.4. The molecule has 17 N–H and O–H groups in total. The molecule has 0 fully saturated rings. The predicted octanol–water partition coefficient (Wildman–Crippen LogP) is -4.50. The van der Waals surface area contributed by atoms with Gasteiger partial charge in [-0.2, -0.15) is 0 Å². The number of carboxylic acids is 2. The van der Waals surface area contributed by atoms with Crippen molar-refractivity contribution in [2.24, 2.45) is 23.1 Å². The monoisotopic (exact) mass is 732 g/mol. The molecule has 0 aliphatic rings. The first kappa shape index (κ1) is 46.4. The Morgan fingerprint density at radius 3 is 1.69 bits per heavy atom. The molecule has 0 rings (SSSR count). The van der Waals surface area contributed by atoms with Crippen molar-refractivity contribution in [1.29, 1.82) is 5.41 Å². The van der Waals surface area contributed by atoms with E-state index in [9.17, 15) is 54.0 Å². The first-order chi connectivity index (χ1) is 23.8. The van der Waals surface area contributed by atoms with Crippen LogP contribution in [0.1, 0.15) is 72.1 Å². The van der Waals surface area contributed by atoms with E-state index in [1.54, 1.807) is 13.8 Å². The Kier molecular flexibility index (Phi) is 22.3. The van der Waals surface area contributed by atoms with Crippen LogP contribution in [0.2, 0.25) is 0 Å². The molecule has 51 heavy (non-hydrogen) atoms. The highest BCUT2D eigenvalue weighted by Crippen LogP contribution is 2.09. The number of carboxylic acid groups (broad SMARTS) is 2. The molecule has 0 aromatic heterocycles. The lowest BCUT2D eigenvalue weighted by atomic mass is 10.0. The highest BCUT2D eigenvalue weighted by atomic mass is 16.4. The summed E-state index contributed by atoms with van der Waals surface area (Å²) in [6, 6.07) is -8.59. The number of nitrogens with one attached hydrogen (secondary N) is 7. The summed E-state index contributed by atoms with van der Waals surface area (Å²) >= 11 is 0.